The van der Waals surface area contributed by atoms with E-state index in [-0.39, 0.29) is 17.6 Å². The summed E-state index contributed by atoms with van der Waals surface area (Å²) < 4.78 is 16.0. The fraction of sp³-hybridized carbons (Fsp3) is 0.500. The van der Waals surface area contributed by atoms with E-state index in [2.05, 4.69) is 23.6 Å². The minimum Gasteiger partial charge on any atom is -0.328 e. The number of carbonyl (C=O) groups excluding carboxylic acids is 1. The monoisotopic (exact) mass is 449 g/mol. The highest BCUT2D eigenvalue weighted by molar-refractivity contribution is 5.96. The fourth-order valence-corrected chi connectivity index (χ4v) is 5.00. The summed E-state index contributed by atoms with van der Waals surface area (Å²) in [6, 6.07) is 14.5. The SMILES string of the molecule is CCCCCCCCCCCn1c(C2CC(=O)N(c3cccc(F)c3)C2)nc2ccccc21. The van der Waals surface area contributed by atoms with E-state index >= 15 is 0 Å². The third kappa shape index (κ3) is 5.82. The zero-order valence-corrected chi connectivity index (χ0v) is 19.8. The highest BCUT2D eigenvalue weighted by atomic mass is 19.1. The number of hydrogen-bond acceptors (Lipinski definition) is 2. The van der Waals surface area contributed by atoms with Gasteiger partial charge in [-0.1, -0.05) is 76.5 Å². The molecular weight excluding hydrogens is 413 g/mol. The van der Waals surface area contributed by atoms with E-state index in [1.165, 1.54) is 63.5 Å². The van der Waals surface area contributed by atoms with Crippen molar-refractivity contribution in [2.75, 3.05) is 11.4 Å². The van der Waals surface area contributed by atoms with Crippen LogP contribution in [0.3, 0.4) is 0 Å². The van der Waals surface area contributed by atoms with Crippen LogP contribution in [0.15, 0.2) is 48.5 Å². The molecule has 0 N–H and O–H groups in total. The van der Waals surface area contributed by atoms with Gasteiger partial charge in [0.15, 0.2) is 0 Å². The summed E-state index contributed by atoms with van der Waals surface area (Å²) in [7, 11) is 0. The Kier molecular flexibility index (Phi) is 8.14. The average molecular weight is 450 g/mol. The second kappa shape index (κ2) is 11.4. The molecule has 0 spiro atoms. The topological polar surface area (TPSA) is 38.1 Å². The van der Waals surface area contributed by atoms with E-state index in [1.807, 2.05) is 12.1 Å². The van der Waals surface area contributed by atoms with Gasteiger partial charge in [0.05, 0.1) is 11.0 Å². The molecule has 4 rings (SSSR count). The number of aromatic nitrogens is 2. The van der Waals surface area contributed by atoms with Crippen LogP contribution in [0, 0.1) is 5.82 Å². The van der Waals surface area contributed by atoms with Gasteiger partial charge < -0.3 is 9.47 Å². The number of carbonyl (C=O) groups is 1. The lowest BCUT2D eigenvalue weighted by molar-refractivity contribution is -0.117. The second-order valence-electron chi connectivity index (χ2n) is 9.32. The van der Waals surface area contributed by atoms with Crippen molar-refractivity contribution >= 4 is 22.6 Å². The Morgan fingerprint density at radius 1 is 0.939 bits per heavy atom. The Balaban J connectivity index is 1.41. The molecule has 33 heavy (non-hydrogen) atoms. The minimum atomic E-state index is -0.318. The summed E-state index contributed by atoms with van der Waals surface area (Å²) in [6.45, 7) is 3.73. The number of amides is 1. The molecule has 1 atom stereocenters. The smallest absolute Gasteiger partial charge is 0.227 e. The minimum absolute atomic E-state index is 0.0201. The van der Waals surface area contributed by atoms with Gasteiger partial charge in [-0.15, -0.1) is 0 Å². The molecule has 1 amide bonds. The van der Waals surface area contributed by atoms with Gasteiger partial charge >= 0.3 is 0 Å². The molecule has 176 valence electrons. The van der Waals surface area contributed by atoms with E-state index in [9.17, 15) is 9.18 Å². The second-order valence-corrected chi connectivity index (χ2v) is 9.32. The molecule has 1 unspecified atom stereocenters. The highest BCUT2D eigenvalue weighted by Gasteiger charge is 2.34. The number of para-hydroxylation sites is 2. The first-order valence-electron chi connectivity index (χ1n) is 12.7. The quantitative estimate of drug-likeness (QED) is 0.274. The molecule has 0 bridgehead atoms. The number of unbranched alkanes of at least 4 members (excludes halogenated alkanes) is 8. The third-order valence-corrected chi connectivity index (χ3v) is 6.78. The zero-order chi connectivity index (χ0) is 23.0. The van der Waals surface area contributed by atoms with Crippen LogP contribution in [-0.4, -0.2) is 22.0 Å². The predicted molar refractivity (Wildman–Crippen MR) is 133 cm³/mol. The van der Waals surface area contributed by atoms with Crippen LogP contribution in [0.1, 0.15) is 82.9 Å². The lowest BCUT2D eigenvalue weighted by Crippen LogP contribution is -2.24. The molecule has 5 heteroatoms. The number of nitrogens with zero attached hydrogens (tertiary/aromatic N) is 3. The van der Waals surface area contributed by atoms with Crippen LogP contribution < -0.4 is 4.90 Å². The Bertz CT molecular complexity index is 1060. The van der Waals surface area contributed by atoms with Gasteiger partial charge in [0, 0.05) is 31.1 Å². The summed E-state index contributed by atoms with van der Waals surface area (Å²) in [4.78, 5) is 19.4. The van der Waals surface area contributed by atoms with Crippen molar-refractivity contribution in [2.24, 2.45) is 0 Å². The largest absolute Gasteiger partial charge is 0.328 e. The lowest BCUT2D eigenvalue weighted by atomic mass is 10.1. The van der Waals surface area contributed by atoms with Crippen LogP contribution >= 0.6 is 0 Å². The summed E-state index contributed by atoms with van der Waals surface area (Å²) >= 11 is 0. The van der Waals surface area contributed by atoms with Gasteiger partial charge in [0.25, 0.3) is 0 Å². The summed E-state index contributed by atoms with van der Waals surface area (Å²) in [5, 5.41) is 0. The van der Waals surface area contributed by atoms with Gasteiger partial charge in [0.2, 0.25) is 5.91 Å². The summed E-state index contributed by atoms with van der Waals surface area (Å²) in [5.41, 5.74) is 2.76. The van der Waals surface area contributed by atoms with Crippen molar-refractivity contribution in [3.8, 4) is 0 Å². The molecule has 1 aliphatic rings. The molecule has 1 aliphatic heterocycles. The summed E-state index contributed by atoms with van der Waals surface area (Å²) in [5.74, 6) is 0.725. The number of anilines is 1. The van der Waals surface area contributed by atoms with E-state index in [0.717, 1.165) is 29.8 Å². The van der Waals surface area contributed by atoms with E-state index < -0.39 is 0 Å². The lowest BCUT2D eigenvalue weighted by Gasteiger charge is -2.17. The number of aryl methyl sites for hydroxylation is 1. The Morgan fingerprint density at radius 3 is 2.42 bits per heavy atom. The van der Waals surface area contributed by atoms with E-state index in [0.29, 0.717) is 18.7 Å². The number of rotatable bonds is 12. The number of halogens is 1. The van der Waals surface area contributed by atoms with Crippen molar-refractivity contribution in [3.05, 3.63) is 60.2 Å². The maximum atomic E-state index is 13.7. The van der Waals surface area contributed by atoms with Gasteiger partial charge in [-0.2, -0.15) is 0 Å². The van der Waals surface area contributed by atoms with Crippen molar-refractivity contribution in [3.63, 3.8) is 0 Å². The van der Waals surface area contributed by atoms with Gasteiger partial charge in [-0.3, -0.25) is 4.79 Å². The number of hydrogen-bond donors (Lipinski definition) is 0. The summed E-state index contributed by atoms with van der Waals surface area (Å²) in [6.07, 6.45) is 12.1. The Hall–Kier alpha value is -2.69. The molecule has 0 aliphatic carbocycles. The fourth-order valence-electron chi connectivity index (χ4n) is 5.00. The molecular formula is C28H36FN3O. The van der Waals surface area contributed by atoms with Crippen LogP contribution in [-0.2, 0) is 11.3 Å². The Morgan fingerprint density at radius 2 is 1.67 bits per heavy atom. The van der Waals surface area contributed by atoms with Gasteiger partial charge in [0.1, 0.15) is 11.6 Å². The molecule has 4 nitrogen and oxygen atoms in total. The first-order chi connectivity index (χ1) is 16.2. The first kappa shape index (κ1) is 23.5. The van der Waals surface area contributed by atoms with Gasteiger partial charge in [-0.25, -0.2) is 9.37 Å². The number of fused-ring (bicyclic) bond motifs is 1. The maximum absolute atomic E-state index is 13.7. The van der Waals surface area contributed by atoms with Crippen LogP contribution in [0.4, 0.5) is 10.1 Å². The average Bonchev–Trinajstić information content (AvgIpc) is 3.38. The van der Waals surface area contributed by atoms with Crippen LogP contribution in [0.25, 0.3) is 11.0 Å². The van der Waals surface area contributed by atoms with E-state index in [4.69, 9.17) is 4.98 Å². The van der Waals surface area contributed by atoms with Crippen LogP contribution in [0.5, 0.6) is 0 Å². The number of imidazole rings is 1. The Labute approximate surface area is 196 Å². The van der Waals surface area contributed by atoms with Crippen molar-refractivity contribution < 1.29 is 9.18 Å². The molecule has 0 radical (unpaired) electrons. The van der Waals surface area contributed by atoms with Gasteiger partial charge in [-0.05, 0) is 36.8 Å². The van der Waals surface area contributed by atoms with Crippen molar-refractivity contribution in [2.45, 2.75) is 83.6 Å². The molecule has 3 aromatic rings. The normalized spacial score (nSPS) is 16.2. The molecule has 2 heterocycles. The number of benzene rings is 2. The molecule has 2 aromatic carbocycles. The van der Waals surface area contributed by atoms with E-state index in [1.54, 1.807) is 17.0 Å². The molecule has 0 saturated carbocycles. The van der Waals surface area contributed by atoms with Crippen LogP contribution in [0.2, 0.25) is 0 Å². The third-order valence-electron chi connectivity index (χ3n) is 6.78. The highest BCUT2D eigenvalue weighted by Crippen LogP contribution is 2.33. The van der Waals surface area contributed by atoms with Crippen molar-refractivity contribution in [1.82, 2.24) is 9.55 Å². The first-order valence-corrected chi connectivity index (χ1v) is 12.7. The van der Waals surface area contributed by atoms with Crippen molar-refractivity contribution in [1.29, 1.82) is 0 Å². The predicted octanol–water partition coefficient (Wildman–Crippen LogP) is 7.23. The standard InChI is InChI=1S/C28H36FN3O/c1-2-3-4-5-6-7-8-9-12-18-31-26-17-11-10-16-25(26)30-28(31)22-19-27(33)32(21-22)24-15-13-14-23(29)20-24/h10-11,13-17,20,22H,2-9,12,18-19,21H2,1H3. The molecule has 1 saturated heterocycles. The zero-order valence-electron chi connectivity index (χ0n) is 19.8. The maximum Gasteiger partial charge on any atom is 0.227 e. The molecule has 1 fully saturated rings. The molecule has 1 aromatic heterocycles.